The van der Waals surface area contributed by atoms with Crippen LogP contribution in [0.15, 0.2) is 24.4 Å². The van der Waals surface area contributed by atoms with Crippen LogP contribution in [0.2, 0.25) is 0 Å². The molecule has 3 N–H and O–H groups in total. The van der Waals surface area contributed by atoms with E-state index in [1.54, 1.807) is 0 Å². The second-order valence-electron chi connectivity index (χ2n) is 4.42. The highest BCUT2D eigenvalue weighted by Crippen LogP contribution is 2.22. The Labute approximate surface area is 101 Å². The van der Waals surface area contributed by atoms with Gasteiger partial charge < -0.3 is 10.7 Å². The largest absolute Gasteiger partial charge is 0.361 e. The fraction of sp³-hybridized carbons (Fsp3) is 0.357. The lowest BCUT2D eigenvalue weighted by Gasteiger charge is -2.01. The molecule has 0 atom stereocenters. The number of carbonyl (C=O) groups excluding carboxylic acids is 1. The Hall–Kier alpha value is -1.61. The van der Waals surface area contributed by atoms with Crippen LogP contribution in [0.5, 0.6) is 0 Å². The number of ketones is 1. The number of rotatable bonds is 5. The van der Waals surface area contributed by atoms with Gasteiger partial charge in [-0.05, 0) is 37.1 Å². The fourth-order valence-electron chi connectivity index (χ4n) is 2.19. The van der Waals surface area contributed by atoms with Gasteiger partial charge in [-0.15, -0.1) is 0 Å². The average Bonchev–Trinajstić information content (AvgIpc) is 2.71. The highest BCUT2D eigenvalue weighted by atomic mass is 16.1. The number of hydrogen-bond donors (Lipinski definition) is 2. The van der Waals surface area contributed by atoms with Crippen molar-refractivity contribution in [2.45, 2.75) is 26.2 Å². The summed E-state index contributed by atoms with van der Waals surface area (Å²) in [6.07, 6.45) is 3.80. The van der Waals surface area contributed by atoms with Gasteiger partial charge in [0.1, 0.15) is 5.78 Å². The number of H-pyrrole nitrogens is 1. The van der Waals surface area contributed by atoms with Gasteiger partial charge in [-0.1, -0.05) is 12.1 Å². The summed E-state index contributed by atoms with van der Waals surface area (Å²) in [5.41, 5.74) is 8.82. The van der Waals surface area contributed by atoms with E-state index in [0.29, 0.717) is 19.4 Å². The molecule has 0 saturated heterocycles. The Bertz CT molecular complexity index is 528. The number of nitrogens with one attached hydrogen (secondary N) is 1. The van der Waals surface area contributed by atoms with E-state index in [1.807, 2.05) is 18.3 Å². The van der Waals surface area contributed by atoms with Crippen LogP contribution in [0.3, 0.4) is 0 Å². The summed E-state index contributed by atoms with van der Waals surface area (Å²) in [5.74, 6) is 0.264. The molecule has 3 heteroatoms. The molecule has 1 aromatic carbocycles. The number of Topliss-reactive ketones (excluding diaryl/α,β-unsaturated/α-hetero) is 1. The molecule has 0 spiro atoms. The van der Waals surface area contributed by atoms with Crippen molar-refractivity contribution in [1.29, 1.82) is 0 Å². The van der Waals surface area contributed by atoms with Gasteiger partial charge in [0.2, 0.25) is 0 Å². The molecule has 0 bridgehead atoms. The minimum absolute atomic E-state index is 0.264. The zero-order valence-corrected chi connectivity index (χ0v) is 10.1. The molecule has 17 heavy (non-hydrogen) atoms. The lowest BCUT2D eigenvalue weighted by molar-refractivity contribution is -0.118. The van der Waals surface area contributed by atoms with Crippen LogP contribution in [0, 0.1) is 6.92 Å². The number of aromatic nitrogens is 1. The van der Waals surface area contributed by atoms with E-state index in [1.165, 1.54) is 10.9 Å². The molecule has 1 heterocycles. The average molecular weight is 230 g/mol. The van der Waals surface area contributed by atoms with Crippen molar-refractivity contribution in [2.75, 3.05) is 6.54 Å². The number of hydrogen-bond acceptors (Lipinski definition) is 2. The molecule has 0 aliphatic heterocycles. The lowest BCUT2D eigenvalue weighted by atomic mass is 10.0. The van der Waals surface area contributed by atoms with Crippen LogP contribution < -0.4 is 5.73 Å². The third kappa shape index (κ3) is 2.56. The Balaban J connectivity index is 2.22. The molecule has 1 aromatic heterocycles. The minimum atomic E-state index is 0.264. The maximum atomic E-state index is 11.8. The van der Waals surface area contributed by atoms with Gasteiger partial charge in [-0.25, -0.2) is 0 Å². The Morgan fingerprint density at radius 1 is 1.41 bits per heavy atom. The van der Waals surface area contributed by atoms with E-state index in [0.717, 1.165) is 17.5 Å². The summed E-state index contributed by atoms with van der Waals surface area (Å²) >= 11 is 0. The summed E-state index contributed by atoms with van der Waals surface area (Å²) in [7, 11) is 0. The van der Waals surface area contributed by atoms with E-state index in [-0.39, 0.29) is 5.78 Å². The maximum Gasteiger partial charge on any atom is 0.137 e. The van der Waals surface area contributed by atoms with Crippen molar-refractivity contribution >= 4 is 16.7 Å². The van der Waals surface area contributed by atoms with Crippen molar-refractivity contribution < 1.29 is 4.79 Å². The Morgan fingerprint density at radius 3 is 3.00 bits per heavy atom. The van der Waals surface area contributed by atoms with Crippen molar-refractivity contribution in [1.82, 2.24) is 4.98 Å². The van der Waals surface area contributed by atoms with E-state index in [4.69, 9.17) is 5.73 Å². The van der Waals surface area contributed by atoms with E-state index < -0.39 is 0 Å². The molecule has 0 fully saturated rings. The van der Waals surface area contributed by atoms with Crippen LogP contribution in [0.25, 0.3) is 10.9 Å². The highest BCUT2D eigenvalue weighted by molar-refractivity contribution is 5.91. The molecule has 0 aliphatic carbocycles. The van der Waals surface area contributed by atoms with Crippen molar-refractivity contribution in [2.24, 2.45) is 5.73 Å². The maximum absolute atomic E-state index is 11.8. The highest BCUT2D eigenvalue weighted by Gasteiger charge is 2.09. The first-order chi connectivity index (χ1) is 8.22. The van der Waals surface area contributed by atoms with Crippen LogP contribution >= 0.6 is 0 Å². The topological polar surface area (TPSA) is 58.9 Å². The molecule has 0 amide bonds. The number of carbonyl (C=O) groups is 1. The number of benzene rings is 1. The predicted octanol–water partition coefficient (Wildman–Crippen LogP) is 2.33. The first-order valence-electron chi connectivity index (χ1n) is 5.99. The monoisotopic (exact) mass is 230 g/mol. The fourth-order valence-corrected chi connectivity index (χ4v) is 2.19. The Kier molecular flexibility index (Phi) is 3.59. The van der Waals surface area contributed by atoms with Gasteiger partial charge in [0.25, 0.3) is 0 Å². The van der Waals surface area contributed by atoms with E-state index in [9.17, 15) is 4.79 Å². The van der Waals surface area contributed by atoms with Crippen LogP contribution in [0.4, 0.5) is 0 Å². The van der Waals surface area contributed by atoms with Crippen LogP contribution in [0.1, 0.15) is 24.0 Å². The first-order valence-corrected chi connectivity index (χ1v) is 5.99. The van der Waals surface area contributed by atoms with E-state index in [2.05, 4.69) is 18.0 Å². The van der Waals surface area contributed by atoms with E-state index >= 15 is 0 Å². The zero-order chi connectivity index (χ0) is 12.3. The van der Waals surface area contributed by atoms with Crippen molar-refractivity contribution in [3.8, 4) is 0 Å². The summed E-state index contributed by atoms with van der Waals surface area (Å²) < 4.78 is 0. The normalized spacial score (nSPS) is 10.9. The van der Waals surface area contributed by atoms with Crippen molar-refractivity contribution in [3.05, 3.63) is 35.5 Å². The third-order valence-electron chi connectivity index (χ3n) is 3.04. The number of fused-ring (bicyclic) bond motifs is 1. The second kappa shape index (κ2) is 5.15. The number of nitrogens with two attached hydrogens (primary N) is 1. The predicted molar refractivity (Wildman–Crippen MR) is 70.0 cm³/mol. The number of aromatic amines is 1. The molecule has 90 valence electrons. The van der Waals surface area contributed by atoms with Gasteiger partial charge in [0.15, 0.2) is 0 Å². The summed E-state index contributed by atoms with van der Waals surface area (Å²) in [6, 6.07) is 6.13. The molecular weight excluding hydrogens is 212 g/mol. The van der Waals surface area contributed by atoms with Gasteiger partial charge in [0.05, 0.1) is 0 Å². The SMILES string of the molecule is Cc1cccc2[nH]cc(CC(=O)CCCN)c12. The summed E-state index contributed by atoms with van der Waals surface area (Å²) in [5, 5.41) is 1.19. The van der Waals surface area contributed by atoms with Crippen molar-refractivity contribution in [3.63, 3.8) is 0 Å². The Morgan fingerprint density at radius 2 is 2.24 bits per heavy atom. The second-order valence-corrected chi connectivity index (χ2v) is 4.42. The van der Waals surface area contributed by atoms with Crippen LogP contribution in [-0.4, -0.2) is 17.3 Å². The molecule has 0 radical (unpaired) electrons. The minimum Gasteiger partial charge on any atom is -0.361 e. The summed E-state index contributed by atoms with van der Waals surface area (Å²) in [4.78, 5) is 15.0. The third-order valence-corrected chi connectivity index (χ3v) is 3.04. The standard InChI is InChI=1S/C14H18N2O/c1-10-4-2-6-13-14(10)11(9-16-13)8-12(17)5-3-7-15/h2,4,6,9,16H,3,5,7-8,15H2,1H3. The molecule has 0 aliphatic rings. The van der Waals surface area contributed by atoms with Crippen LogP contribution in [-0.2, 0) is 11.2 Å². The van der Waals surface area contributed by atoms with Gasteiger partial charge >= 0.3 is 0 Å². The zero-order valence-electron chi connectivity index (χ0n) is 10.1. The number of aryl methyl sites for hydroxylation is 1. The first kappa shape index (κ1) is 11.9. The molecule has 0 unspecified atom stereocenters. The lowest BCUT2D eigenvalue weighted by Crippen LogP contribution is -2.06. The quantitative estimate of drug-likeness (QED) is 0.828. The molecule has 2 aromatic rings. The van der Waals surface area contributed by atoms with Gasteiger partial charge in [-0.2, -0.15) is 0 Å². The molecule has 0 saturated carbocycles. The molecule has 2 rings (SSSR count). The molecular formula is C14H18N2O. The smallest absolute Gasteiger partial charge is 0.137 e. The summed E-state index contributed by atoms with van der Waals surface area (Å²) in [6.45, 7) is 2.66. The molecule has 3 nitrogen and oxygen atoms in total. The van der Waals surface area contributed by atoms with Gasteiger partial charge in [0, 0.05) is 29.9 Å². The van der Waals surface area contributed by atoms with Gasteiger partial charge in [-0.3, -0.25) is 4.79 Å².